The zero-order valence-corrected chi connectivity index (χ0v) is 20.5. The zero-order valence-electron chi connectivity index (χ0n) is 19.7. The number of benzene rings is 1. The molecule has 3 aromatic heterocycles. The highest BCUT2D eigenvalue weighted by atomic mass is 35.5. The molecule has 9 nitrogen and oxygen atoms in total. The molecule has 3 heterocycles. The van der Waals surface area contributed by atoms with Crippen LogP contribution in [0.4, 0.5) is 4.39 Å². The molecule has 2 N–H and O–H groups in total. The number of ether oxygens (including phenoxy) is 2. The van der Waals surface area contributed by atoms with Crippen LogP contribution >= 0.6 is 11.6 Å². The summed E-state index contributed by atoms with van der Waals surface area (Å²) in [6, 6.07) is 7.77. The molecule has 0 fully saturated rings. The molecular formula is C25H24ClFN6O3. The number of methoxy groups -OCH3 is 1. The van der Waals surface area contributed by atoms with Gasteiger partial charge in [0, 0.05) is 43.1 Å². The van der Waals surface area contributed by atoms with E-state index < -0.39 is 5.82 Å². The zero-order chi connectivity index (χ0) is 25.7. The van der Waals surface area contributed by atoms with E-state index in [1.165, 1.54) is 18.2 Å². The quantitative estimate of drug-likeness (QED) is 0.245. The van der Waals surface area contributed by atoms with Crippen LogP contribution in [0.1, 0.15) is 5.69 Å². The van der Waals surface area contributed by atoms with Gasteiger partial charge in [0.25, 0.3) is 0 Å². The van der Waals surface area contributed by atoms with Gasteiger partial charge in [-0.3, -0.25) is 14.6 Å². The second-order valence-electron chi connectivity index (χ2n) is 7.80. The Bertz CT molecular complexity index is 1400. The molecule has 0 saturated heterocycles. The molecule has 1 amide bonds. The van der Waals surface area contributed by atoms with Gasteiger partial charge in [-0.05, 0) is 30.3 Å². The molecule has 0 bridgehead atoms. The fourth-order valence-corrected chi connectivity index (χ4v) is 3.80. The maximum atomic E-state index is 14.1. The maximum absolute atomic E-state index is 14.1. The molecule has 1 aromatic carbocycles. The summed E-state index contributed by atoms with van der Waals surface area (Å²) < 4.78 is 26.6. The molecule has 11 heteroatoms. The van der Waals surface area contributed by atoms with Gasteiger partial charge in [-0.1, -0.05) is 18.2 Å². The lowest BCUT2D eigenvalue weighted by molar-refractivity contribution is -0.116. The first-order chi connectivity index (χ1) is 17.4. The molecule has 4 rings (SSSR count). The molecule has 0 saturated carbocycles. The Hall–Kier alpha value is -4.02. The van der Waals surface area contributed by atoms with Crippen molar-refractivity contribution in [2.75, 3.05) is 20.3 Å². The minimum Gasteiger partial charge on any atom is -0.490 e. The minimum absolute atomic E-state index is 0.220. The number of carbonyl (C=O) groups is 1. The van der Waals surface area contributed by atoms with E-state index in [1.807, 2.05) is 0 Å². The van der Waals surface area contributed by atoms with E-state index in [2.05, 4.69) is 27.2 Å². The van der Waals surface area contributed by atoms with Crippen LogP contribution in [0.2, 0.25) is 5.02 Å². The normalized spacial score (nSPS) is 10.9. The van der Waals surface area contributed by atoms with Gasteiger partial charge >= 0.3 is 0 Å². The third kappa shape index (κ3) is 5.61. The summed E-state index contributed by atoms with van der Waals surface area (Å²) in [7, 11) is 3.35. The molecule has 186 valence electrons. The van der Waals surface area contributed by atoms with Crippen molar-refractivity contribution in [1.29, 1.82) is 0 Å². The predicted octanol–water partition coefficient (Wildman–Crippen LogP) is 4.16. The number of aryl methyl sites for hydroxylation is 1. The van der Waals surface area contributed by atoms with Gasteiger partial charge in [0.1, 0.15) is 23.9 Å². The number of amides is 1. The molecule has 0 radical (unpaired) electrons. The molecule has 0 aliphatic heterocycles. The third-order valence-electron chi connectivity index (χ3n) is 5.25. The minimum atomic E-state index is -0.446. The molecule has 0 aliphatic carbocycles. The van der Waals surface area contributed by atoms with Crippen LogP contribution in [-0.4, -0.2) is 51.2 Å². The first-order valence-electron chi connectivity index (χ1n) is 11.0. The van der Waals surface area contributed by atoms with Gasteiger partial charge in [0.05, 0.1) is 41.5 Å². The van der Waals surface area contributed by atoms with Crippen molar-refractivity contribution >= 4 is 17.5 Å². The number of pyridine rings is 1. The van der Waals surface area contributed by atoms with Crippen molar-refractivity contribution in [3.8, 4) is 39.5 Å². The van der Waals surface area contributed by atoms with Crippen molar-refractivity contribution < 1.29 is 18.7 Å². The van der Waals surface area contributed by atoms with Crippen molar-refractivity contribution in [1.82, 2.24) is 30.3 Å². The fraction of sp³-hybridized carbons (Fsp3) is 0.200. The lowest BCUT2D eigenvalue weighted by Crippen LogP contribution is -2.20. The van der Waals surface area contributed by atoms with Crippen molar-refractivity contribution in [3.05, 3.63) is 71.9 Å². The third-order valence-corrected chi connectivity index (χ3v) is 5.53. The summed E-state index contributed by atoms with van der Waals surface area (Å²) >= 11 is 6.68. The van der Waals surface area contributed by atoms with Gasteiger partial charge in [-0.2, -0.15) is 10.2 Å². The summed E-state index contributed by atoms with van der Waals surface area (Å²) in [5.41, 5.74) is 4.05. The second-order valence-corrected chi connectivity index (χ2v) is 8.21. The van der Waals surface area contributed by atoms with Crippen molar-refractivity contribution in [2.45, 2.75) is 6.54 Å². The van der Waals surface area contributed by atoms with Crippen LogP contribution in [0, 0.1) is 5.82 Å². The van der Waals surface area contributed by atoms with Crippen LogP contribution in [0.15, 0.2) is 55.4 Å². The molecule has 36 heavy (non-hydrogen) atoms. The average Bonchev–Trinajstić information content (AvgIpc) is 3.52. The van der Waals surface area contributed by atoms with E-state index in [0.717, 1.165) is 5.56 Å². The Labute approximate surface area is 211 Å². The lowest BCUT2D eigenvalue weighted by atomic mass is 9.99. The van der Waals surface area contributed by atoms with Gasteiger partial charge < -0.3 is 14.8 Å². The number of halogens is 2. The van der Waals surface area contributed by atoms with Crippen molar-refractivity contribution in [3.63, 3.8) is 0 Å². The van der Waals surface area contributed by atoms with Crippen LogP contribution in [-0.2, 0) is 23.1 Å². The van der Waals surface area contributed by atoms with E-state index in [-0.39, 0.29) is 19.1 Å². The van der Waals surface area contributed by atoms with Crippen molar-refractivity contribution in [2.24, 2.45) is 7.05 Å². The molecule has 0 aliphatic rings. The number of rotatable bonds is 10. The number of aromatic nitrogens is 5. The summed E-state index contributed by atoms with van der Waals surface area (Å²) in [6.07, 6.45) is 4.65. The summed E-state index contributed by atoms with van der Waals surface area (Å²) in [5, 5.41) is 14.6. The Balaban J connectivity index is 1.84. The van der Waals surface area contributed by atoms with E-state index in [0.29, 0.717) is 51.3 Å². The van der Waals surface area contributed by atoms with Crippen LogP contribution in [0.25, 0.3) is 33.8 Å². The predicted molar refractivity (Wildman–Crippen MR) is 134 cm³/mol. The maximum Gasteiger partial charge on any atom is 0.243 e. The van der Waals surface area contributed by atoms with E-state index in [9.17, 15) is 9.18 Å². The number of H-pyrrole nitrogens is 1. The largest absolute Gasteiger partial charge is 0.490 e. The van der Waals surface area contributed by atoms with Crippen LogP contribution < -0.4 is 10.1 Å². The topological polar surface area (TPSA) is 107 Å². The van der Waals surface area contributed by atoms with Gasteiger partial charge in [-0.15, -0.1) is 0 Å². The van der Waals surface area contributed by atoms with E-state index >= 15 is 0 Å². The monoisotopic (exact) mass is 510 g/mol. The molecule has 0 unspecified atom stereocenters. The Morgan fingerprint density at radius 2 is 2.08 bits per heavy atom. The Kier molecular flexibility index (Phi) is 7.77. The number of hydrogen-bond acceptors (Lipinski definition) is 6. The Morgan fingerprint density at radius 3 is 2.81 bits per heavy atom. The number of aromatic amines is 1. The van der Waals surface area contributed by atoms with E-state index in [4.69, 9.17) is 26.1 Å². The highest BCUT2D eigenvalue weighted by Crippen LogP contribution is 2.40. The van der Waals surface area contributed by atoms with Gasteiger partial charge in [0.15, 0.2) is 0 Å². The highest BCUT2D eigenvalue weighted by molar-refractivity contribution is 6.33. The number of carbonyl (C=O) groups excluding carboxylic acids is 1. The SMILES string of the molecule is C=CC(=O)NCc1cc(-c2nc(-c3cnn(C)c3)c(Cl)cc2-c2ccc(F)cc2OCCOC)n[nH]1. The Morgan fingerprint density at radius 1 is 1.25 bits per heavy atom. The molecule has 0 atom stereocenters. The first-order valence-corrected chi connectivity index (χ1v) is 11.3. The second kappa shape index (κ2) is 11.1. The van der Waals surface area contributed by atoms with Crippen LogP contribution in [0.5, 0.6) is 5.75 Å². The number of nitrogens with one attached hydrogen (secondary N) is 2. The van der Waals surface area contributed by atoms with E-state index in [1.54, 1.807) is 49.4 Å². The van der Waals surface area contributed by atoms with Gasteiger partial charge in [-0.25, -0.2) is 9.37 Å². The fourth-order valence-electron chi connectivity index (χ4n) is 3.54. The first kappa shape index (κ1) is 25.1. The average molecular weight is 511 g/mol. The van der Waals surface area contributed by atoms with Gasteiger partial charge in [0.2, 0.25) is 5.91 Å². The molecule has 0 spiro atoms. The molecule has 4 aromatic rings. The molecular weight excluding hydrogens is 487 g/mol. The van der Waals surface area contributed by atoms with Crippen LogP contribution in [0.3, 0.4) is 0 Å². The summed E-state index contributed by atoms with van der Waals surface area (Å²) in [5.74, 6) is -0.437. The number of hydrogen-bond donors (Lipinski definition) is 2. The summed E-state index contributed by atoms with van der Waals surface area (Å²) in [6.45, 7) is 4.23. The number of nitrogens with zero attached hydrogens (tertiary/aromatic N) is 4. The standard InChI is InChI=1S/C25H24ClFN6O3/c1-4-23(34)28-13-17-10-21(32-31-17)25-19(11-20(26)24(30-25)15-12-29-33(2)14-15)18-6-5-16(27)9-22(18)36-8-7-35-3/h4-6,9-12,14H,1,7-8,13H2,2-3H3,(H,28,34)(H,31,32). The summed E-state index contributed by atoms with van der Waals surface area (Å²) in [4.78, 5) is 16.4. The smallest absolute Gasteiger partial charge is 0.243 e. The highest BCUT2D eigenvalue weighted by Gasteiger charge is 2.21. The lowest BCUT2D eigenvalue weighted by Gasteiger charge is -2.15.